The van der Waals surface area contributed by atoms with Gasteiger partial charge in [-0.2, -0.15) is 4.98 Å². The minimum atomic E-state index is 0.460. The Kier molecular flexibility index (Phi) is 3.01. The van der Waals surface area contributed by atoms with E-state index in [2.05, 4.69) is 10.3 Å². The molecule has 0 fully saturated rings. The van der Waals surface area contributed by atoms with Crippen molar-refractivity contribution in [2.24, 2.45) is 0 Å². The number of nitrogens with zero attached hydrogens (tertiary/aromatic N) is 1. The summed E-state index contributed by atoms with van der Waals surface area (Å²) in [5.74, 6) is 0.714. The molecule has 0 aliphatic rings. The van der Waals surface area contributed by atoms with Gasteiger partial charge in [0.15, 0.2) is 0 Å². The van der Waals surface area contributed by atoms with Crippen LogP contribution in [0.5, 0.6) is 5.75 Å². The van der Waals surface area contributed by atoms with E-state index < -0.39 is 0 Å². The molecule has 0 aliphatic carbocycles. The number of halogens is 1. The molecule has 1 N–H and O–H groups in total. The Hall–Kier alpha value is -1.68. The van der Waals surface area contributed by atoms with Crippen LogP contribution in [0.25, 0.3) is 11.3 Å². The largest absolute Gasteiger partial charge is 0.497 e. The molecule has 0 spiro atoms. The number of oxazole rings is 1. The second-order valence-corrected chi connectivity index (χ2v) is 3.54. The molecule has 0 saturated carbocycles. The van der Waals surface area contributed by atoms with Gasteiger partial charge in [0.1, 0.15) is 17.7 Å². The molecule has 84 valence electrons. The zero-order chi connectivity index (χ0) is 11.5. The topological polar surface area (TPSA) is 47.3 Å². The maximum Gasteiger partial charge on any atom is 0.294 e. The first-order valence-corrected chi connectivity index (χ1v) is 5.09. The molecule has 5 heteroatoms. The smallest absolute Gasteiger partial charge is 0.294 e. The molecule has 0 radical (unpaired) electrons. The Morgan fingerprint density at radius 2 is 2.25 bits per heavy atom. The van der Waals surface area contributed by atoms with Crippen molar-refractivity contribution < 1.29 is 9.15 Å². The number of rotatable bonds is 3. The number of aromatic nitrogens is 1. The van der Waals surface area contributed by atoms with Gasteiger partial charge in [-0.1, -0.05) is 11.6 Å². The number of anilines is 1. The molecule has 16 heavy (non-hydrogen) atoms. The molecule has 1 heterocycles. The van der Waals surface area contributed by atoms with E-state index >= 15 is 0 Å². The van der Waals surface area contributed by atoms with Crippen LogP contribution in [0.15, 0.2) is 28.9 Å². The van der Waals surface area contributed by atoms with Gasteiger partial charge in [-0.3, -0.25) is 0 Å². The van der Waals surface area contributed by atoms with Crippen molar-refractivity contribution in [2.45, 2.75) is 0 Å². The first-order valence-electron chi connectivity index (χ1n) is 4.72. The molecule has 2 aromatic rings. The van der Waals surface area contributed by atoms with Gasteiger partial charge in [0.2, 0.25) is 0 Å². The van der Waals surface area contributed by atoms with E-state index in [1.54, 1.807) is 26.5 Å². The van der Waals surface area contributed by atoms with Gasteiger partial charge in [0.05, 0.1) is 12.1 Å². The lowest BCUT2D eigenvalue weighted by atomic mass is 10.1. The van der Waals surface area contributed by atoms with Crippen LogP contribution >= 0.6 is 11.6 Å². The molecular weight excluding hydrogens is 228 g/mol. The Morgan fingerprint density at radius 1 is 1.44 bits per heavy atom. The van der Waals surface area contributed by atoms with Crippen molar-refractivity contribution in [3.05, 3.63) is 29.5 Å². The minimum Gasteiger partial charge on any atom is -0.497 e. The van der Waals surface area contributed by atoms with E-state index in [9.17, 15) is 0 Å². The van der Waals surface area contributed by atoms with E-state index in [1.165, 1.54) is 0 Å². The zero-order valence-electron chi connectivity index (χ0n) is 8.95. The first kappa shape index (κ1) is 10.8. The van der Waals surface area contributed by atoms with Gasteiger partial charge in [-0.25, -0.2) is 0 Å². The SMILES string of the molecule is CNc1nc(-c2ccc(OC)cc2Cl)co1. The van der Waals surface area contributed by atoms with Crippen molar-refractivity contribution in [1.82, 2.24) is 4.98 Å². The summed E-state index contributed by atoms with van der Waals surface area (Å²) >= 11 is 6.11. The average molecular weight is 239 g/mol. The van der Waals surface area contributed by atoms with E-state index in [1.807, 2.05) is 12.1 Å². The lowest BCUT2D eigenvalue weighted by Crippen LogP contribution is -1.88. The van der Waals surface area contributed by atoms with Crippen molar-refractivity contribution >= 4 is 17.6 Å². The van der Waals surface area contributed by atoms with Gasteiger partial charge >= 0.3 is 0 Å². The van der Waals surface area contributed by atoms with Gasteiger partial charge in [0.25, 0.3) is 6.01 Å². The third-order valence-corrected chi connectivity index (χ3v) is 2.48. The van der Waals surface area contributed by atoms with Crippen LogP contribution in [0, 0.1) is 0 Å². The van der Waals surface area contributed by atoms with E-state index in [0.29, 0.717) is 22.5 Å². The zero-order valence-corrected chi connectivity index (χ0v) is 9.71. The van der Waals surface area contributed by atoms with Crippen molar-refractivity contribution in [3.8, 4) is 17.0 Å². The number of ether oxygens (including phenoxy) is 1. The number of nitrogens with one attached hydrogen (secondary N) is 1. The normalized spacial score (nSPS) is 10.2. The van der Waals surface area contributed by atoms with Gasteiger partial charge in [-0.05, 0) is 18.2 Å². The Morgan fingerprint density at radius 3 is 2.81 bits per heavy atom. The molecule has 0 atom stereocenters. The molecule has 0 unspecified atom stereocenters. The quantitative estimate of drug-likeness (QED) is 0.893. The fraction of sp³-hybridized carbons (Fsp3) is 0.182. The highest BCUT2D eigenvalue weighted by Crippen LogP contribution is 2.31. The summed E-state index contributed by atoms with van der Waals surface area (Å²) in [6.07, 6.45) is 1.56. The van der Waals surface area contributed by atoms with Crippen molar-refractivity contribution in [2.75, 3.05) is 19.5 Å². The molecular formula is C11H11ClN2O2. The van der Waals surface area contributed by atoms with E-state index in [4.69, 9.17) is 20.8 Å². The molecule has 1 aromatic carbocycles. The second-order valence-electron chi connectivity index (χ2n) is 3.13. The number of benzene rings is 1. The average Bonchev–Trinajstić information content (AvgIpc) is 2.77. The molecule has 2 rings (SSSR count). The number of hydrogen-bond acceptors (Lipinski definition) is 4. The van der Waals surface area contributed by atoms with Crippen LogP contribution in [0.2, 0.25) is 5.02 Å². The second kappa shape index (κ2) is 4.45. The monoisotopic (exact) mass is 238 g/mol. The predicted molar refractivity (Wildman–Crippen MR) is 63.0 cm³/mol. The first-order chi connectivity index (χ1) is 7.74. The van der Waals surface area contributed by atoms with Crippen LogP contribution in [0.4, 0.5) is 6.01 Å². The van der Waals surface area contributed by atoms with Crippen LogP contribution in [-0.4, -0.2) is 19.1 Å². The Bertz CT molecular complexity index is 496. The van der Waals surface area contributed by atoms with Crippen LogP contribution < -0.4 is 10.1 Å². The molecule has 0 amide bonds. The minimum absolute atomic E-state index is 0.460. The number of methoxy groups -OCH3 is 1. The summed E-state index contributed by atoms with van der Waals surface area (Å²) in [5.41, 5.74) is 1.50. The third kappa shape index (κ3) is 1.97. The maximum atomic E-state index is 6.11. The standard InChI is InChI=1S/C11H11ClN2O2/c1-13-11-14-10(6-16-11)8-4-3-7(15-2)5-9(8)12/h3-6H,1-2H3,(H,13,14). The summed E-state index contributed by atoms with van der Waals surface area (Å²) in [7, 11) is 3.34. The van der Waals surface area contributed by atoms with Crippen LogP contribution in [0.3, 0.4) is 0 Å². The van der Waals surface area contributed by atoms with Gasteiger partial charge in [0, 0.05) is 12.6 Å². The summed E-state index contributed by atoms with van der Waals surface area (Å²) in [5, 5.41) is 3.39. The lowest BCUT2D eigenvalue weighted by Gasteiger charge is -2.03. The Balaban J connectivity index is 2.40. The fourth-order valence-electron chi connectivity index (χ4n) is 1.34. The highest BCUT2D eigenvalue weighted by atomic mass is 35.5. The molecule has 1 aromatic heterocycles. The maximum absolute atomic E-state index is 6.11. The fourth-order valence-corrected chi connectivity index (χ4v) is 1.61. The van der Waals surface area contributed by atoms with E-state index in [0.717, 1.165) is 5.56 Å². The highest BCUT2D eigenvalue weighted by Gasteiger charge is 2.09. The van der Waals surface area contributed by atoms with Crippen LogP contribution in [-0.2, 0) is 0 Å². The number of hydrogen-bond donors (Lipinski definition) is 1. The van der Waals surface area contributed by atoms with Gasteiger partial charge < -0.3 is 14.5 Å². The summed E-state index contributed by atoms with van der Waals surface area (Å²) in [6, 6.07) is 5.87. The summed E-state index contributed by atoms with van der Waals surface area (Å²) in [6.45, 7) is 0. The van der Waals surface area contributed by atoms with E-state index in [-0.39, 0.29) is 0 Å². The van der Waals surface area contributed by atoms with Crippen LogP contribution in [0.1, 0.15) is 0 Å². The molecule has 0 saturated heterocycles. The highest BCUT2D eigenvalue weighted by molar-refractivity contribution is 6.33. The molecule has 0 aliphatic heterocycles. The third-order valence-electron chi connectivity index (χ3n) is 2.17. The summed E-state index contributed by atoms with van der Waals surface area (Å²) in [4.78, 5) is 4.21. The summed E-state index contributed by atoms with van der Waals surface area (Å²) < 4.78 is 10.2. The molecule has 4 nitrogen and oxygen atoms in total. The lowest BCUT2D eigenvalue weighted by molar-refractivity contribution is 0.415. The van der Waals surface area contributed by atoms with Crippen molar-refractivity contribution in [1.29, 1.82) is 0 Å². The van der Waals surface area contributed by atoms with Crippen molar-refractivity contribution in [3.63, 3.8) is 0 Å². The Labute approximate surface area is 98.2 Å². The predicted octanol–water partition coefficient (Wildman–Crippen LogP) is 3.05. The van der Waals surface area contributed by atoms with Gasteiger partial charge in [-0.15, -0.1) is 0 Å². The molecule has 0 bridgehead atoms.